The largest absolute Gasteiger partial charge is 0.353 e. The fourth-order valence-corrected chi connectivity index (χ4v) is 4.82. The summed E-state index contributed by atoms with van der Waals surface area (Å²) in [5.41, 5.74) is 6.33. The molecule has 1 saturated heterocycles. The summed E-state index contributed by atoms with van der Waals surface area (Å²) in [6, 6.07) is -0.0277. The minimum absolute atomic E-state index is 0.00213. The third kappa shape index (κ3) is 2.75. The maximum atomic E-state index is 13.1. The predicted molar refractivity (Wildman–Crippen MR) is 84.9 cm³/mol. The number of carbonyl (C=O) groups is 2. The van der Waals surface area contributed by atoms with Gasteiger partial charge in [0.15, 0.2) is 0 Å². The minimum atomic E-state index is -0.309. The second-order valence-electron chi connectivity index (χ2n) is 7.71. The molecule has 0 radical (unpaired) electrons. The molecule has 0 aromatic heterocycles. The average Bonchev–Trinajstić information content (AvgIpc) is 2.45. The number of carbonyl (C=O) groups excluding carboxylic acids is 2. The number of piperazine rings is 1. The van der Waals surface area contributed by atoms with Crippen LogP contribution in [-0.2, 0) is 9.59 Å². The van der Waals surface area contributed by atoms with Crippen molar-refractivity contribution in [3.05, 3.63) is 0 Å². The van der Waals surface area contributed by atoms with E-state index in [0.717, 1.165) is 25.7 Å². The van der Waals surface area contributed by atoms with Gasteiger partial charge in [-0.05, 0) is 43.4 Å². The zero-order valence-corrected chi connectivity index (χ0v) is 13.8. The molecule has 0 aromatic rings. The van der Waals surface area contributed by atoms with Crippen LogP contribution in [0.2, 0.25) is 0 Å². The van der Waals surface area contributed by atoms with Crippen molar-refractivity contribution in [2.75, 3.05) is 13.1 Å². The first-order valence-corrected chi connectivity index (χ1v) is 8.82. The topological polar surface area (TPSA) is 75.4 Å². The van der Waals surface area contributed by atoms with Gasteiger partial charge < -0.3 is 16.0 Å². The zero-order chi connectivity index (χ0) is 15.9. The Morgan fingerprint density at radius 3 is 2.50 bits per heavy atom. The number of rotatable bonds is 2. The first-order valence-electron chi connectivity index (χ1n) is 8.82. The van der Waals surface area contributed by atoms with Gasteiger partial charge in [-0.3, -0.25) is 9.59 Å². The van der Waals surface area contributed by atoms with Crippen LogP contribution in [0, 0.1) is 23.7 Å². The summed E-state index contributed by atoms with van der Waals surface area (Å²) in [5, 5.41) is 2.90. The number of amides is 2. The Bertz CT molecular complexity index is 437. The van der Waals surface area contributed by atoms with E-state index in [0.29, 0.717) is 24.9 Å². The molecule has 3 fully saturated rings. The van der Waals surface area contributed by atoms with Gasteiger partial charge in [-0.2, -0.15) is 0 Å². The van der Waals surface area contributed by atoms with E-state index in [1.54, 1.807) is 0 Å². The molecule has 1 aliphatic heterocycles. The highest BCUT2D eigenvalue weighted by Gasteiger charge is 2.44. The molecule has 5 heteroatoms. The van der Waals surface area contributed by atoms with Gasteiger partial charge in [0.05, 0.1) is 0 Å². The van der Waals surface area contributed by atoms with Crippen LogP contribution >= 0.6 is 0 Å². The number of nitrogens with two attached hydrogens (primary N) is 1. The van der Waals surface area contributed by atoms with Gasteiger partial charge in [0.1, 0.15) is 6.04 Å². The molecule has 2 saturated carbocycles. The number of fused-ring (bicyclic) bond motifs is 2. The van der Waals surface area contributed by atoms with Crippen molar-refractivity contribution in [3.63, 3.8) is 0 Å². The standard InChI is InChI=1S/C17H29N3O2/c1-10(2)15-16(21)19-6-7-20(15)17(22)13-8-11-4-3-5-12(9-13)14(11)18/h10-15H,3-9,18H2,1-2H3,(H,19,21). The number of nitrogens with zero attached hydrogens (tertiary/aromatic N) is 1. The molecule has 1 heterocycles. The summed E-state index contributed by atoms with van der Waals surface area (Å²) in [7, 11) is 0. The van der Waals surface area contributed by atoms with Gasteiger partial charge in [0.2, 0.25) is 11.8 Å². The SMILES string of the molecule is CC(C)C1C(=O)NCCN1C(=O)C1CC2CCCC(C1)C2N. The maximum Gasteiger partial charge on any atom is 0.243 e. The first-order chi connectivity index (χ1) is 10.5. The van der Waals surface area contributed by atoms with E-state index in [1.807, 2.05) is 18.7 Å². The molecule has 3 atom stereocenters. The van der Waals surface area contributed by atoms with Crippen LogP contribution in [0.1, 0.15) is 46.0 Å². The summed E-state index contributed by atoms with van der Waals surface area (Å²) in [6.07, 6.45) is 5.41. The fraction of sp³-hybridized carbons (Fsp3) is 0.882. The van der Waals surface area contributed by atoms with Gasteiger partial charge in [-0.25, -0.2) is 0 Å². The molecule has 3 N–H and O–H groups in total. The normalized spacial score (nSPS) is 38.8. The third-order valence-electron chi connectivity index (χ3n) is 5.93. The lowest BCUT2D eigenvalue weighted by Crippen LogP contribution is -2.61. The van der Waals surface area contributed by atoms with E-state index in [2.05, 4.69) is 5.32 Å². The number of hydrogen-bond donors (Lipinski definition) is 2. The summed E-state index contributed by atoms with van der Waals surface area (Å²) in [6.45, 7) is 5.25. The summed E-state index contributed by atoms with van der Waals surface area (Å²) in [4.78, 5) is 27.1. The van der Waals surface area contributed by atoms with Crippen LogP contribution in [0.4, 0.5) is 0 Å². The van der Waals surface area contributed by atoms with Crippen LogP contribution in [0.15, 0.2) is 0 Å². The van der Waals surface area contributed by atoms with Crippen LogP contribution < -0.4 is 11.1 Å². The summed E-state index contributed by atoms with van der Waals surface area (Å²) in [5.74, 6) is 1.41. The molecule has 2 amide bonds. The first kappa shape index (κ1) is 15.8. The fourth-order valence-electron chi connectivity index (χ4n) is 4.82. The molecule has 2 bridgehead atoms. The lowest BCUT2D eigenvalue weighted by atomic mass is 9.64. The van der Waals surface area contributed by atoms with E-state index in [9.17, 15) is 9.59 Å². The minimum Gasteiger partial charge on any atom is -0.353 e. The van der Waals surface area contributed by atoms with Crippen LogP contribution in [0.25, 0.3) is 0 Å². The second kappa shape index (κ2) is 6.19. The van der Waals surface area contributed by atoms with Gasteiger partial charge >= 0.3 is 0 Å². The van der Waals surface area contributed by atoms with Gasteiger partial charge in [0.25, 0.3) is 0 Å². The molecule has 124 valence electrons. The maximum absolute atomic E-state index is 13.1. The molecule has 3 unspecified atom stereocenters. The molecule has 22 heavy (non-hydrogen) atoms. The van der Waals surface area contributed by atoms with Gasteiger partial charge in [-0.1, -0.05) is 20.3 Å². The Labute approximate surface area is 133 Å². The van der Waals surface area contributed by atoms with E-state index in [4.69, 9.17) is 5.73 Å². The van der Waals surface area contributed by atoms with Crippen molar-refractivity contribution in [1.82, 2.24) is 10.2 Å². The predicted octanol–water partition coefficient (Wildman–Crippen LogP) is 1.12. The molecule has 3 rings (SSSR count). The summed E-state index contributed by atoms with van der Waals surface area (Å²) >= 11 is 0. The van der Waals surface area contributed by atoms with Crippen molar-refractivity contribution in [3.8, 4) is 0 Å². The van der Waals surface area contributed by atoms with Gasteiger partial charge in [0, 0.05) is 25.0 Å². The molecule has 2 aliphatic carbocycles. The Kier molecular flexibility index (Phi) is 4.44. The Hall–Kier alpha value is -1.10. The third-order valence-corrected chi connectivity index (χ3v) is 5.93. The number of hydrogen-bond acceptors (Lipinski definition) is 3. The molecule has 0 aromatic carbocycles. The monoisotopic (exact) mass is 307 g/mol. The molecular weight excluding hydrogens is 278 g/mol. The Morgan fingerprint density at radius 2 is 1.91 bits per heavy atom. The lowest BCUT2D eigenvalue weighted by Gasteiger charge is -2.46. The molecule has 5 nitrogen and oxygen atoms in total. The second-order valence-corrected chi connectivity index (χ2v) is 7.71. The van der Waals surface area contributed by atoms with E-state index >= 15 is 0 Å². The smallest absolute Gasteiger partial charge is 0.243 e. The van der Waals surface area contributed by atoms with E-state index < -0.39 is 0 Å². The van der Waals surface area contributed by atoms with Crippen molar-refractivity contribution < 1.29 is 9.59 Å². The average molecular weight is 307 g/mol. The molecule has 3 aliphatic rings. The van der Waals surface area contributed by atoms with E-state index in [1.165, 1.54) is 6.42 Å². The van der Waals surface area contributed by atoms with Crippen molar-refractivity contribution in [2.45, 2.75) is 58.0 Å². The zero-order valence-electron chi connectivity index (χ0n) is 13.8. The van der Waals surface area contributed by atoms with Crippen LogP contribution in [-0.4, -0.2) is 41.9 Å². The van der Waals surface area contributed by atoms with E-state index in [-0.39, 0.29) is 35.7 Å². The van der Waals surface area contributed by atoms with Gasteiger partial charge in [-0.15, -0.1) is 0 Å². The molecular formula is C17H29N3O2. The molecule has 0 spiro atoms. The quantitative estimate of drug-likeness (QED) is 0.803. The highest BCUT2D eigenvalue weighted by molar-refractivity contribution is 5.90. The van der Waals surface area contributed by atoms with Crippen molar-refractivity contribution in [1.29, 1.82) is 0 Å². The highest BCUT2D eigenvalue weighted by atomic mass is 16.2. The summed E-state index contributed by atoms with van der Waals surface area (Å²) < 4.78 is 0. The Balaban J connectivity index is 1.74. The highest BCUT2D eigenvalue weighted by Crippen LogP contribution is 2.42. The number of nitrogens with one attached hydrogen (secondary N) is 1. The Morgan fingerprint density at radius 1 is 1.27 bits per heavy atom. The van der Waals surface area contributed by atoms with Crippen LogP contribution in [0.5, 0.6) is 0 Å². The lowest BCUT2D eigenvalue weighted by molar-refractivity contribution is -0.150. The van der Waals surface area contributed by atoms with Crippen LogP contribution in [0.3, 0.4) is 0 Å². The van der Waals surface area contributed by atoms with Crippen molar-refractivity contribution >= 4 is 11.8 Å². The van der Waals surface area contributed by atoms with Crippen molar-refractivity contribution in [2.24, 2.45) is 29.4 Å².